The highest BCUT2D eigenvalue weighted by molar-refractivity contribution is 5.87. The molecule has 1 aliphatic rings. The Hall–Kier alpha value is -3.86. The van der Waals surface area contributed by atoms with Crippen LogP contribution in [0, 0.1) is 5.92 Å². The fourth-order valence-electron chi connectivity index (χ4n) is 4.42. The zero-order valence-electron chi connectivity index (χ0n) is 21.5. The molecule has 0 bridgehead atoms. The lowest BCUT2D eigenvalue weighted by molar-refractivity contribution is -0.135. The Balaban J connectivity index is 1.69. The number of benzene rings is 1. The third-order valence-corrected chi connectivity index (χ3v) is 6.31. The number of fused-ring (bicyclic) bond motifs is 1. The Morgan fingerprint density at radius 2 is 1.95 bits per heavy atom. The Morgan fingerprint density at radius 3 is 2.59 bits per heavy atom. The van der Waals surface area contributed by atoms with Crippen LogP contribution in [0.15, 0.2) is 29.2 Å². The number of rotatable bonds is 9. The van der Waals surface area contributed by atoms with Crippen molar-refractivity contribution >= 4 is 22.5 Å². The van der Waals surface area contributed by atoms with Gasteiger partial charge in [-0.15, -0.1) is 0 Å². The standard InChI is InChI=1S/C26H33N5O6/c1-15(2)26(34)31-7-5-16(6-8-31)28-20-12-18(37-10-9-32)14-27-23(20)24-29-19-11-17(35-3)13-21(36-4)22(19)25(33)30-24/h11-16,28,32H,5-10H2,1-4H3,(H,29,30,33). The van der Waals surface area contributed by atoms with Gasteiger partial charge in [0.15, 0.2) is 5.82 Å². The molecule has 1 saturated heterocycles. The number of aliphatic hydroxyl groups is 1. The summed E-state index contributed by atoms with van der Waals surface area (Å²) in [6.45, 7) is 5.12. The number of carbonyl (C=O) groups is 1. The van der Waals surface area contributed by atoms with Gasteiger partial charge in [-0.25, -0.2) is 9.97 Å². The molecule has 0 radical (unpaired) electrons. The van der Waals surface area contributed by atoms with Crippen LogP contribution in [0.3, 0.4) is 0 Å². The molecule has 0 unspecified atom stereocenters. The van der Waals surface area contributed by atoms with Gasteiger partial charge in [-0.1, -0.05) is 13.8 Å². The van der Waals surface area contributed by atoms with Crippen molar-refractivity contribution < 1.29 is 24.1 Å². The van der Waals surface area contributed by atoms with E-state index in [4.69, 9.17) is 19.3 Å². The minimum atomic E-state index is -0.367. The van der Waals surface area contributed by atoms with Gasteiger partial charge in [0.1, 0.15) is 34.9 Å². The second-order valence-electron chi connectivity index (χ2n) is 9.18. The molecule has 11 heteroatoms. The van der Waals surface area contributed by atoms with Crippen molar-refractivity contribution in [3.05, 3.63) is 34.7 Å². The van der Waals surface area contributed by atoms with Gasteiger partial charge in [-0.2, -0.15) is 0 Å². The van der Waals surface area contributed by atoms with Crippen LogP contribution < -0.4 is 25.1 Å². The molecule has 0 saturated carbocycles. The number of aromatic amines is 1. The van der Waals surface area contributed by atoms with E-state index < -0.39 is 0 Å². The maximum absolute atomic E-state index is 13.1. The van der Waals surface area contributed by atoms with Gasteiger partial charge < -0.3 is 34.5 Å². The van der Waals surface area contributed by atoms with Crippen molar-refractivity contribution in [2.75, 3.05) is 45.8 Å². The largest absolute Gasteiger partial charge is 0.497 e. The number of H-pyrrole nitrogens is 1. The first kappa shape index (κ1) is 26.2. The monoisotopic (exact) mass is 511 g/mol. The number of ether oxygens (including phenoxy) is 3. The van der Waals surface area contributed by atoms with Crippen molar-refractivity contribution in [2.45, 2.75) is 32.7 Å². The number of nitrogens with zero attached hydrogens (tertiary/aromatic N) is 3. The average molecular weight is 512 g/mol. The van der Waals surface area contributed by atoms with Crippen LogP contribution in [0.25, 0.3) is 22.4 Å². The first-order valence-corrected chi connectivity index (χ1v) is 12.3. The lowest BCUT2D eigenvalue weighted by atomic mass is 10.0. The van der Waals surface area contributed by atoms with Gasteiger partial charge in [0.2, 0.25) is 5.91 Å². The summed E-state index contributed by atoms with van der Waals surface area (Å²) in [7, 11) is 3.01. The van der Waals surface area contributed by atoms with Crippen molar-refractivity contribution in [1.29, 1.82) is 0 Å². The van der Waals surface area contributed by atoms with Gasteiger partial charge in [0.05, 0.1) is 38.2 Å². The Labute approximate surface area is 214 Å². The third-order valence-electron chi connectivity index (χ3n) is 6.31. The molecule has 11 nitrogen and oxygen atoms in total. The molecule has 2 aromatic heterocycles. The first-order valence-electron chi connectivity index (χ1n) is 12.3. The summed E-state index contributed by atoms with van der Waals surface area (Å²) in [6.07, 6.45) is 3.04. The normalized spacial score (nSPS) is 14.2. The lowest BCUT2D eigenvalue weighted by Crippen LogP contribution is -2.44. The summed E-state index contributed by atoms with van der Waals surface area (Å²) < 4.78 is 16.3. The number of piperidine rings is 1. The van der Waals surface area contributed by atoms with Crippen molar-refractivity contribution in [1.82, 2.24) is 19.9 Å². The van der Waals surface area contributed by atoms with E-state index in [1.165, 1.54) is 20.4 Å². The number of methoxy groups -OCH3 is 2. The lowest BCUT2D eigenvalue weighted by Gasteiger charge is -2.34. The molecule has 0 aliphatic carbocycles. The second kappa shape index (κ2) is 11.5. The summed E-state index contributed by atoms with van der Waals surface area (Å²) in [5, 5.41) is 13.0. The summed E-state index contributed by atoms with van der Waals surface area (Å²) in [4.78, 5) is 39.4. The SMILES string of the molecule is COc1cc(OC)c2c(=O)[nH]c(-c3ncc(OCCO)cc3NC3CCN(C(=O)C(C)C)CC3)nc2c1. The number of nitrogens with one attached hydrogen (secondary N) is 2. The fourth-order valence-corrected chi connectivity index (χ4v) is 4.42. The average Bonchev–Trinajstić information content (AvgIpc) is 2.91. The van der Waals surface area contributed by atoms with Crippen molar-refractivity contribution in [3.63, 3.8) is 0 Å². The molecule has 3 aromatic rings. The molecular formula is C26H33N5O6. The Morgan fingerprint density at radius 1 is 1.19 bits per heavy atom. The van der Waals surface area contributed by atoms with Crippen LogP contribution in [0.2, 0.25) is 0 Å². The zero-order chi connectivity index (χ0) is 26.5. The Bertz CT molecular complexity index is 1320. The zero-order valence-corrected chi connectivity index (χ0v) is 21.5. The van der Waals surface area contributed by atoms with Gasteiger partial charge in [0, 0.05) is 43.2 Å². The van der Waals surface area contributed by atoms with E-state index in [-0.39, 0.29) is 42.5 Å². The number of hydrogen-bond acceptors (Lipinski definition) is 9. The maximum atomic E-state index is 13.1. The topological polar surface area (TPSA) is 139 Å². The number of carbonyl (C=O) groups excluding carboxylic acids is 1. The molecule has 3 N–H and O–H groups in total. The molecular weight excluding hydrogens is 478 g/mol. The van der Waals surface area contributed by atoms with Crippen LogP contribution >= 0.6 is 0 Å². The van der Waals surface area contributed by atoms with E-state index in [2.05, 4.69) is 20.3 Å². The number of aliphatic hydroxyl groups excluding tert-OH is 1. The summed E-state index contributed by atoms with van der Waals surface area (Å²) in [5.74, 6) is 1.74. The second-order valence-corrected chi connectivity index (χ2v) is 9.18. The van der Waals surface area contributed by atoms with Crippen LogP contribution in [0.4, 0.5) is 5.69 Å². The van der Waals surface area contributed by atoms with E-state index in [1.54, 1.807) is 18.2 Å². The van der Waals surface area contributed by atoms with E-state index in [1.807, 2.05) is 18.7 Å². The molecule has 1 aliphatic heterocycles. The van der Waals surface area contributed by atoms with E-state index in [0.717, 1.165) is 12.8 Å². The van der Waals surface area contributed by atoms with Gasteiger partial charge in [-0.3, -0.25) is 9.59 Å². The third kappa shape index (κ3) is 5.77. The molecule has 0 spiro atoms. The minimum absolute atomic E-state index is 0.0336. The van der Waals surface area contributed by atoms with Gasteiger partial charge >= 0.3 is 0 Å². The number of hydrogen-bond donors (Lipinski definition) is 3. The molecule has 1 amide bonds. The highest BCUT2D eigenvalue weighted by Crippen LogP contribution is 2.32. The van der Waals surface area contributed by atoms with Crippen molar-refractivity contribution in [2.24, 2.45) is 5.92 Å². The molecule has 4 rings (SSSR count). The Kier molecular flexibility index (Phi) is 8.12. The predicted molar refractivity (Wildman–Crippen MR) is 139 cm³/mol. The molecule has 1 fully saturated rings. The predicted octanol–water partition coefficient (Wildman–Crippen LogP) is 2.43. The molecule has 37 heavy (non-hydrogen) atoms. The van der Waals surface area contributed by atoms with Crippen LogP contribution in [-0.4, -0.2) is 77.4 Å². The van der Waals surface area contributed by atoms with Crippen LogP contribution in [0.5, 0.6) is 17.2 Å². The summed E-state index contributed by atoms with van der Waals surface area (Å²) in [5.41, 5.74) is 1.11. The number of likely N-dealkylation sites (tertiary alicyclic amines) is 1. The molecule has 198 valence electrons. The fraction of sp³-hybridized carbons (Fsp3) is 0.462. The minimum Gasteiger partial charge on any atom is -0.497 e. The molecule has 3 heterocycles. The summed E-state index contributed by atoms with van der Waals surface area (Å²) >= 11 is 0. The number of aromatic nitrogens is 3. The summed E-state index contributed by atoms with van der Waals surface area (Å²) in [6, 6.07) is 5.16. The van der Waals surface area contributed by atoms with Crippen LogP contribution in [-0.2, 0) is 4.79 Å². The number of amides is 1. The van der Waals surface area contributed by atoms with Crippen LogP contribution in [0.1, 0.15) is 26.7 Å². The molecule has 0 atom stereocenters. The maximum Gasteiger partial charge on any atom is 0.262 e. The molecule has 1 aromatic carbocycles. The van der Waals surface area contributed by atoms with E-state index >= 15 is 0 Å². The van der Waals surface area contributed by atoms with Crippen molar-refractivity contribution in [3.8, 4) is 28.8 Å². The van der Waals surface area contributed by atoms with E-state index in [0.29, 0.717) is 52.6 Å². The quantitative estimate of drug-likeness (QED) is 0.395. The highest BCUT2D eigenvalue weighted by atomic mass is 16.5. The number of anilines is 1. The van der Waals surface area contributed by atoms with Gasteiger partial charge in [-0.05, 0) is 12.8 Å². The van der Waals surface area contributed by atoms with E-state index in [9.17, 15) is 9.59 Å². The smallest absolute Gasteiger partial charge is 0.262 e. The highest BCUT2D eigenvalue weighted by Gasteiger charge is 2.25. The number of pyridine rings is 1. The van der Waals surface area contributed by atoms with Gasteiger partial charge in [0.25, 0.3) is 5.56 Å². The first-order chi connectivity index (χ1) is 17.8.